The zero-order valence-corrected chi connectivity index (χ0v) is 22.3. The van der Waals surface area contributed by atoms with Gasteiger partial charge in [0.2, 0.25) is 0 Å². The van der Waals surface area contributed by atoms with Crippen LogP contribution in [0.15, 0.2) is 36.5 Å². The summed E-state index contributed by atoms with van der Waals surface area (Å²) in [7, 11) is 1.56. The predicted molar refractivity (Wildman–Crippen MR) is 141 cm³/mol. The molecule has 210 valence electrons. The van der Waals surface area contributed by atoms with Gasteiger partial charge in [0, 0.05) is 11.6 Å². The van der Waals surface area contributed by atoms with Crippen LogP contribution in [0.1, 0.15) is 61.4 Å². The molecule has 3 aromatic rings. The van der Waals surface area contributed by atoms with Gasteiger partial charge in [-0.15, -0.1) is 0 Å². The van der Waals surface area contributed by atoms with Crippen molar-refractivity contribution in [3.63, 3.8) is 0 Å². The Morgan fingerprint density at radius 3 is 2.49 bits per heavy atom. The zero-order valence-electron chi connectivity index (χ0n) is 22.3. The third-order valence-corrected chi connectivity index (χ3v) is 7.98. The van der Waals surface area contributed by atoms with E-state index in [4.69, 9.17) is 4.74 Å². The van der Waals surface area contributed by atoms with Gasteiger partial charge in [0.25, 0.3) is 0 Å². The number of pyridine rings is 1. The second-order valence-corrected chi connectivity index (χ2v) is 10.6. The molecule has 0 amide bonds. The van der Waals surface area contributed by atoms with E-state index in [1.165, 1.54) is 0 Å². The van der Waals surface area contributed by atoms with Gasteiger partial charge in [-0.25, -0.2) is 17.6 Å². The molecule has 4 rings (SSSR count). The highest BCUT2D eigenvalue weighted by atomic mass is 19.2. The molecule has 0 aliphatic carbocycles. The number of rotatable bonds is 11. The molecule has 1 N–H and O–H groups in total. The summed E-state index contributed by atoms with van der Waals surface area (Å²) in [5, 5.41) is 10.3. The average molecular weight is 547 g/mol. The molecule has 5 nitrogen and oxygen atoms in total. The van der Waals surface area contributed by atoms with Crippen molar-refractivity contribution in [3.05, 3.63) is 70.7 Å². The first-order valence-corrected chi connectivity index (χ1v) is 13.3. The minimum atomic E-state index is -1.47. The van der Waals surface area contributed by atoms with Gasteiger partial charge >= 0.3 is 5.97 Å². The van der Waals surface area contributed by atoms with Crippen LogP contribution < -0.4 is 4.74 Å². The van der Waals surface area contributed by atoms with Crippen molar-refractivity contribution in [2.24, 2.45) is 5.41 Å². The third kappa shape index (κ3) is 6.87. The lowest BCUT2D eigenvalue weighted by Crippen LogP contribution is -2.41. The van der Waals surface area contributed by atoms with Crippen LogP contribution in [-0.2, 0) is 11.2 Å². The number of aromatic nitrogens is 1. The van der Waals surface area contributed by atoms with Gasteiger partial charge in [-0.3, -0.25) is 9.78 Å². The summed E-state index contributed by atoms with van der Waals surface area (Å²) >= 11 is 0. The van der Waals surface area contributed by atoms with Gasteiger partial charge in [-0.05, 0) is 118 Å². The van der Waals surface area contributed by atoms with Gasteiger partial charge in [-0.2, -0.15) is 0 Å². The highest BCUT2D eigenvalue weighted by molar-refractivity contribution is 5.85. The van der Waals surface area contributed by atoms with Crippen molar-refractivity contribution < 1.29 is 32.2 Å². The summed E-state index contributed by atoms with van der Waals surface area (Å²) < 4.78 is 61.3. The fourth-order valence-electron chi connectivity index (χ4n) is 5.76. The maximum Gasteiger partial charge on any atom is 0.303 e. The number of hydrogen-bond donors (Lipinski definition) is 1. The molecule has 1 aromatic heterocycles. The number of aryl methyl sites for hydroxylation is 2. The van der Waals surface area contributed by atoms with Gasteiger partial charge < -0.3 is 14.7 Å². The number of ether oxygens (including phenoxy) is 1. The normalized spacial score (nSPS) is 16.4. The smallest absolute Gasteiger partial charge is 0.303 e. The Morgan fingerprint density at radius 1 is 1.15 bits per heavy atom. The number of nitrogens with zero attached hydrogens (tertiary/aromatic N) is 2. The lowest BCUT2D eigenvalue weighted by molar-refractivity contribution is -0.141. The summed E-state index contributed by atoms with van der Waals surface area (Å²) in [6.07, 6.45) is 3.28. The molecule has 0 bridgehead atoms. The molecule has 0 spiro atoms. The number of hydrogen-bond acceptors (Lipinski definition) is 4. The molecule has 1 saturated heterocycles. The van der Waals surface area contributed by atoms with Crippen LogP contribution in [-0.4, -0.2) is 47.7 Å². The number of methoxy groups -OCH3 is 1. The van der Waals surface area contributed by atoms with Gasteiger partial charge in [0.05, 0.1) is 19.0 Å². The van der Waals surface area contributed by atoms with E-state index in [0.29, 0.717) is 79.5 Å². The molecule has 9 heteroatoms. The molecule has 2 aromatic carbocycles. The van der Waals surface area contributed by atoms with Crippen LogP contribution in [0.3, 0.4) is 0 Å². The number of carbonyl (C=O) groups is 1. The molecule has 0 radical (unpaired) electrons. The number of halogens is 4. The summed E-state index contributed by atoms with van der Waals surface area (Å²) in [5.74, 6) is -4.13. The van der Waals surface area contributed by atoms with E-state index in [2.05, 4.69) is 9.88 Å². The molecule has 2 heterocycles. The van der Waals surface area contributed by atoms with Crippen molar-refractivity contribution in [1.82, 2.24) is 9.88 Å². The Kier molecular flexibility index (Phi) is 9.10. The number of likely N-dealkylation sites (tertiary alicyclic amines) is 1. The number of alkyl halides is 1. The molecular weight excluding hydrogens is 512 g/mol. The van der Waals surface area contributed by atoms with Crippen LogP contribution in [0, 0.1) is 29.8 Å². The van der Waals surface area contributed by atoms with Crippen molar-refractivity contribution in [2.45, 2.75) is 58.0 Å². The van der Waals surface area contributed by atoms with Crippen molar-refractivity contribution >= 4 is 16.9 Å². The number of fused-ring (bicyclic) bond motifs is 1. The topological polar surface area (TPSA) is 62.7 Å². The largest absolute Gasteiger partial charge is 0.497 e. The van der Waals surface area contributed by atoms with Gasteiger partial charge in [0.15, 0.2) is 17.5 Å². The second kappa shape index (κ2) is 12.3. The highest BCUT2D eigenvalue weighted by Crippen LogP contribution is 2.43. The summed E-state index contributed by atoms with van der Waals surface area (Å²) in [6, 6.07) is 7.41. The number of carboxylic acids is 1. The first-order chi connectivity index (χ1) is 18.6. The maximum absolute atomic E-state index is 15.8. The Morgan fingerprint density at radius 2 is 1.85 bits per heavy atom. The van der Waals surface area contributed by atoms with Crippen molar-refractivity contribution in [3.8, 4) is 5.75 Å². The fourth-order valence-corrected chi connectivity index (χ4v) is 5.76. The minimum Gasteiger partial charge on any atom is -0.497 e. The maximum atomic E-state index is 15.8. The van der Waals surface area contributed by atoms with E-state index < -0.39 is 35.0 Å². The molecule has 1 aliphatic rings. The Bertz CT molecular complexity index is 1300. The third-order valence-electron chi connectivity index (χ3n) is 7.98. The lowest BCUT2D eigenvalue weighted by atomic mass is 9.71. The highest BCUT2D eigenvalue weighted by Gasteiger charge is 2.37. The monoisotopic (exact) mass is 546 g/mol. The first-order valence-electron chi connectivity index (χ1n) is 13.3. The minimum absolute atomic E-state index is 0.0222. The summed E-state index contributed by atoms with van der Waals surface area (Å²) in [4.78, 5) is 18.4. The molecule has 1 aliphatic heterocycles. The standard InChI is InChI=1S/C30H34F4N2O3/c1-19-18-35-26-6-5-21(39-2)16-22(26)28(19)23(31)7-8-30(17-27(37)38)9-12-36(13-10-30)11-3-4-20-14-24(32)29(34)25(33)15-20/h5-6,14-16,18,23H,3-4,7-13,17H2,1-2H3,(H,37,38). The lowest BCUT2D eigenvalue weighted by Gasteiger charge is -2.41. The van der Waals surface area contributed by atoms with Crippen LogP contribution in [0.2, 0.25) is 0 Å². The van der Waals surface area contributed by atoms with Crippen LogP contribution >= 0.6 is 0 Å². The summed E-state index contributed by atoms with van der Waals surface area (Å²) in [5.41, 5.74) is 1.87. The van der Waals surface area contributed by atoms with E-state index in [1.54, 1.807) is 31.5 Å². The number of carboxylic acid groups (broad SMARTS) is 1. The van der Waals surface area contributed by atoms with E-state index in [-0.39, 0.29) is 12.8 Å². The Balaban J connectivity index is 1.38. The van der Waals surface area contributed by atoms with Crippen LogP contribution in [0.25, 0.3) is 10.9 Å². The molecule has 0 saturated carbocycles. The Hall–Kier alpha value is -3.20. The van der Waals surface area contributed by atoms with Gasteiger partial charge in [-0.1, -0.05) is 0 Å². The number of piperidine rings is 1. The Labute approximate surface area is 225 Å². The average Bonchev–Trinajstić information content (AvgIpc) is 2.90. The van der Waals surface area contributed by atoms with E-state index in [0.717, 1.165) is 17.7 Å². The van der Waals surface area contributed by atoms with Crippen LogP contribution in [0.4, 0.5) is 17.6 Å². The quantitative estimate of drug-likeness (QED) is 0.208. The zero-order chi connectivity index (χ0) is 28.2. The molecule has 39 heavy (non-hydrogen) atoms. The van der Waals surface area contributed by atoms with E-state index >= 15 is 4.39 Å². The van der Waals surface area contributed by atoms with Gasteiger partial charge in [0.1, 0.15) is 11.9 Å². The predicted octanol–water partition coefficient (Wildman–Crippen LogP) is 6.95. The number of aliphatic carboxylic acids is 1. The van der Waals surface area contributed by atoms with Crippen molar-refractivity contribution in [2.75, 3.05) is 26.7 Å². The molecule has 1 unspecified atom stereocenters. The molecule has 1 atom stereocenters. The summed E-state index contributed by atoms with van der Waals surface area (Å²) in [6.45, 7) is 3.81. The van der Waals surface area contributed by atoms with E-state index in [9.17, 15) is 23.1 Å². The second-order valence-electron chi connectivity index (χ2n) is 10.6. The van der Waals surface area contributed by atoms with Crippen LogP contribution in [0.5, 0.6) is 5.75 Å². The number of benzene rings is 2. The van der Waals surface area contributed by atoms with E-state index in [1.807, 2.05) is 6.92 Å². The molecule has 1 fully saturated rings. The first kappa shape index (κ1) is 28.8. The fraction of sp³-hybridized carbons (Fsp3) is 0.467. The SMILES string of the molecule is COc1ccc2ncc(C)c(C(F)CCC3(CC(=O)O)CCN(CCCc4cc(F)c(F)c(F)c4)CC3)c2c1. The molecular formula is C30H34F4N2O3. The van der Waals surface area contributed by atoms with Crippen molar-refractivity contribution in [1.29, 1.82) is 0 Å².